The normalized spacial score (nSPS) is 11.4. The summed E-state index contributed by atoms with van der Waals surface area (Å²) < 4.78 is 9.19. The van der Waals surface area contributed by atoms with E-state index < -0.39 is 0 Å². The van der Waals surface area contributed by atoms with Crippen LogP contribution in [-0.2, 0) is 6.54 Å². The Morgan fingerprint density at radius 3 is 2.57 bits per heavy atom. The van der Waals surface area contributed by atoms with Crippen LogP contribution < -0.4 is 5.56 Å². The first-order valence-corrected chi connectivity index (χ1v) is 13.1. The number of hydrogen-bond donors (Lipinski definition) is 0. The molecule has 6 nitrogen and oxygen atoms in total. The fourth-order valence-corrected chi connectivity index (χ4v) is 6.24. The number of carbonyl (C=O) groups excluding carboxylic acids is 1. The molecule has 1 aromatic carbocycles. The summed E-state index contributed by atoms with van der Waals surface area (Å²) >= 11 is 2.82. The molecule has 0 aliphatic heterocycles. The molecule has 0 bridgehead atoms. The van der Waals surface area contributed by atoms with Crippen LogP contribution in [0.25, 0.3) is 15.9 Å². The molecular formula is C27H25N3O3S2. The van der Waals surface area contributed by atoms with Crippen molar-refractivity contribution in [3.05, 3.63) is 98.3 Å². The van der Waals surface area contributed by atoms with Crippen LogP contribution in [0.4, 0.5) is 0 Å². The van der Waals surface area contributed by atoms with Crippen LogP contribution in [-0.4, -0.2) is 25.7 Å². The maximum atomic E-state index is 13.6. The van der Waals surface area contributed by atoms with Crippen molar-refractivity contribution in [2.24, 2.45) is 0 Å². The van der Waals surface area contributed by atoms with Crippen molar-refractivity contribution in [1.82, 2.24) is 14.1 Å². The number of aromatic nitrogens is 3. The van der Waals surface area contributed by atoms with Gasteiger partial charge in [-0.3, -0.25) is 14.2 Å². The van der Waals surface area contributed by atoms with Crippen molar-refractivity contribution >= 4 is 39.1 Å². The molecule has 4 aromatic heterocycles. The van der Waals surface area contributed by atoms with E-state index in [1.54, 1.807) is 10.8 Å². The number of thioether (sulfide) groups is 1. The molecule has 0 aliphatic rings. The van der Waals surface area contributed by atoms with Crippen molar-refractivity contribution in [3.63, 3.8) is 0 Å². The second-order valence-electron chi connectivity index (χ2n) is 8.50. The van der Waals surface area contributed by atoms with Crippen LogP contribution in [0.2, 0.25) is 0 Å². The fourth-order valence-electron chi connectivity index (χ4n) is 4.27. The summed E-state index contributed by atoms with van der Waals surface area (Å²) in [6, 6.07) is 15.2. The van der Waals surface area contributed by atoms with Gasteiger partial charge in [0, 0.05) is 21.8 Å². The smallest absolute Gasteiger partial charge is 0.267 e. The Labute approximate surface area is 211 Å². The molecule has 0 fully saturated rings. The average Bonchev–Trinajstić information content (AvgIpc) is 3.53. The van der Waals surface area contributed by atoms with Crippen LogP contribution in [0.15, 0.2) is 69.2 Å². The van der Waals surface area contributed by atoms with Crippen molar-refractivity contribution in [3.8, 4) is 5.69 Å². The second kappa shape index (κ2) is 9.36. The molecule has 0 atom stereocenters. The molecule has 5 rings (SSSR count). The highest BCUT2D eigenvalue weighted by Gasteiger charge is 2.21. The lowest BCUT2D eigenvalue weighted by atomic mass is 10.2. The number of furan rings is 1. The van der Waals surface area contributed by atoms with Gasteiger partial charge in [-0.1, -0.05) is 30.0 Å². The second-order valence-corrected chi connectivity index (χ2v) is 10.6. The van der Waals surface area contributed by atoms with E-state index in [0.717, 1.165) is 33.3 Å². The maximum Gasteiger partial charge on any atom is 0.267 e. The van der Waals surface area contributed by atoms with E-state index in [9.17, 15) is 9.59 Å². The number of nitrogens with zero attached hydrogens (tertiary/aromatic N) is 3. The minimum atomic E-state index is -0.102. The average molecular weight is 504 g/mol. The molecule has 0 radical (unpaired) electrons. The molecule has 0 N–H and O–H groups in total. The summed E-state index contributed by atoms with van der Waals surface area (Å²) in [6.45, 7) is 8.48. The zero-order valence-electron chi connectivity index (χ0n) is 20.0. The van der Waals surface area contributed by atoms with Gasteiger partial charge in [0.15, 0.2) is 10.9 Å². The van der Waals surface area contributed by atoms with Gasteiger partial charge in [-0.15, -0.1) is 11.3 Å². The molecule has 0 unspecified atom stereocenters. The number of rotatable bonds is 7. The van der Waals surface area contributed by atoms with Crippen LogP contribution in [0.3, 0.4) is 0 Å². The molecule has 4 heterocycles. The molecule has 35 heavy (non-hydrogen) atoms. The topological polar surface area (TPSA) is 70.0 Å². The summed E-state index contributed by atoms with van der Waals surface area (Å²) in [5.74, 6) is 1.02. The van der Waals surface area contributed by atoms with Gasteiger partial charge < -0.3 is 8.98 Å². The van der Waals surface area contributed by atoms with Crippen molar-refractivity contribution in [2.45, 2.75) is 39.4 Å². The number of benzene rings is 1. The minimum absolute atomic E-state index is 0.00120. The lowest BCUT2D eigenvalue weighted by Crippen LogP contribution is -2.22. The van der Waals surface area contributed by atoms with Crippen LogP contribution in [0.1, 0.15) is 37.9 Å². The Bertz CT molecular complexity index is 1590. The molecular weight excluding hydrogens is 478 g/mol. The number of carbonyl (C=O) groups is 1. The van der Waals surface area contributed by atoms with Crippen molar-refractivity contribution in [1.29, 1.82) is 0 Å². The summed E-state index contributed by atoms with van der Waals surface area (Å²) in [4.78, 5) is 33.5. The predicted octanol–water partition coefficient (Wildman–Crippen LogP) is 6.10. The van der Waals surface area contributed by atoms with Crippen molar-refractivity contribution < 1.29 is 9.21 Å². The van der Waals surface area contributed by atoms with Gasteiger partial charge >= 0.3 is 0 Å². The number of thiophene rings is 1. The third-order valence-corrected chi connectivity index (χ3v) is 8.33. The van der Waals surface area contributed by atoms with Crippen LogP contribution in [0, 0.1) is 27.7 Å². The Morgan fingerprint density at radius 1 is 1.09 bits per heavy atom. The quantitative estimate of drug-likeness (QED) is 0.152. The van der Waals surface area contributed by atoms with E-state index in [-0.39, 0.29) is 17.1 Å². The first kappa shape index (κ1) is 23.4. The zero-order valence-corrected chi connectivity index (χ0v) is 21.6. The minimum Gasteiger partial charge on any atom is -0.467 e. The van der Waals surface area contributed by atoms with Gasteiger partial charge in [0.25, 0.3) is 5.56 Å². The molecule has 8 heteroatoms. The third kappa shape index (κ3) is 4.28. The molecule has 0 saturated carbocycles. The van der Waals surface area contributed by atoms with E-state index in [0.29, 0.717) is 27.5 Å². The lowest BCUT2D eigenvalue weighted by molar-refractivity contribution is 0.102. The number of para-hydroxylation sites is 1. The van der Waals surface area contributed by atoms with Gasteiger partial charge in [-0.25, -0.2) is 4.98 Å². The monoisotopic (exact) mass is 503 g/mol. The fraction of sp³-hybridized carbons (Fsp3) is 0.222. The lowest BCUT2D eigenvalue weighted by Gasteiger charge is -2.12. The summed E-state index contributed by atoms with van der Waals surface area (Å²) in [5, 5.41) is 1.17. The van der Waals surface area contributed by atoms with E-state index >= 15 is 0 Å². The maximum absolute atomic E-state index is 13.6. The first-order valence-electron chi connectivity index (χ1n) is 11.3. The summed E-state index contributed by atoms with van der Waals surface area (Å²) in [5.41, 5.74) is 4.18. The van der Waals surface area contributed by atoms with E-state index in [2.05, 4.69) is 4.57 Å². The van der Waals surface area contributed by atoms with Crippen molar-refractivity contribution in [2.75, 3.05) is 5.75 Å². The Balaban J connectivity index is 1.49. The molecule has 0 spiro atoms. The number of fused-ring (bicyclic) bond motifs is 1. The van der Waals surface area contributed by atoms with Gasteiger partial charge in [0.2, 0.25) is 0 Å². The van der Waals surface area contributed by atoms with Crippen LogP contribution in [0.5, 0.6) is 0 Å². The van der Waals surface area contributed by atoms with E-state index in [1.807, 2.05) is 76.2 Å². The number of hydrogen-bond acceptors (Lipinski definition) is 6. The number of ketones is 1. The largest absolute Gasteiger partial charge is 0.467 e. The standard InChI is InChI=1S/C27H25N3O3S2/c1-16-13-22(18(3)29(16)14-21-11-8-12-33-21)23(31)15-34-27-28-25-24(17(2)19(4)35-25)26(32)30(27)20-9-6-5-7-10-20/h5-13H,14-15H2,1-4H3. The molecule has 178 valence electrons. The highest BCUT2D eigenvalue weighted by atomic mass is 32.2. The Hall–Kier alpha value is -3.36. The Morgan fingerprint density at radius 2 is 1.86 bits per heavy atom. The molecule has 0 saturated heterocycles. The summed E-state index contributed by atoms with van der Waals surface area (Å²) in [6.07, 6.45) is 1.65. The Kier molecular flexibility index (Phi) is 6.25. The highest BCUT2D eigenvalue weighted by Crippen LogP contribution is 2.30. The number of Topliss-reactive ketones (excluding diaryl/α,β-unsaturated/α-hetero) is 1. The molecule has 5 aromatic rings. The third-order valence-electron chi connectivity index (χ3n) is 6.29. The molecule has 0 aliphatic carbocycles. The predicted molar refractivity (Wildman–Crippen MR) is 141 cm³/mol. The first-order chi connectivity index (χ1) is 16.8. The number of aryl methyl sites for hydroxylation is 3. The summed E-state index contributed by atoms with van der Waals surface area (Å²) in [7, 11) is 0. The van der Waals surface area contributed by atoms with E-state index in [4.69, 9.17) is 9.40 Å². The zero-order chi connectivity index (χ0) is 24.7. The van der Waals surface area contributed by atoms with Gasteiger partial charge in [-0.05, 0) is 63.6 Å². The SMILES string of the molecule is Cc1sc2nc(SCC(=O)c3cc(C)n(Cc4ccco4)c3C)n(-c3ccccc3)c(=O)c2c1C. The van der Waals surface area contributed by atoms with Gasteiger partial charge in [-0.2, -0.15) is 0 Å². The van der Waals surface area contributed by atoms with Gasteiger partial charge in [0.1, 0.15) is 10.6 Å². The molecule has 0 amide bonds. The highest BCUT2D eigenvalue weighted by molar-refractivity contribution is 7.99. The van der Waals surface area contributed by atoms with Gasteiger partial charge in [0.05, 0.1) is 29.6 Å². The van der Waals surface area contributed by atoms with E-state index in [1.165, 1.54) is 23.1 Å². The van der Waals surface area contributed by atoms with Crippen LogP contribution >= 0.6 is 23.1 Å².